The van der Waals surface area contributed by atoms with Crippen molar-refractivity contribution in [1.29, 1.82) is 0 Å². The third kappa shape index (κ3) is 3.59. The average molecular weight is 454 g/mol. The number of fused-ring (bicyclic) bond motifs is 1. The van der Waals surface area contributed by atoms with E-state index in [1.54, 1.807) is 42.5 Å². The summed E-state index contributed by atoms with van der Waals surface area (Å²) < 4.78 is 61.2. The Morgan fingerprint density at radius 3 is 2.56 bits per heavy atom. The minimum Gasteiger partial charge on any atom is -0.439 e. The van der Waals surface area contributed by atoms with Crippen molar-refractivity contribution in [3.8, 4) is 11.1 Å². The van der Waals surface area contributed by atoms with E-state index in [9.17, 15) is 17.2 Å². The van der Waals surface area contributed by atoms with Crippen LogP contribution in [-0.4, -0.2) is 24.3 Å². The molecule has 32 heavy (non-hydrogen) atoms. The molecule has 3 aromatic carbocycles. The van der Waals surface area contributed by atoms with E-state index >= 15 is 0 Å². The third-order valence-electron chi connectivity index (χ3n) is 5.76. The Kier molecular flexibility index (Phi) is 5.06. The standard InChI is InChI=1S/C24H20F2N2O3S/c1-15-4-8-18(9-5-15)32(29,30)28-12-2-3-22(28)24-27-21-13-16(6-11-23(21)31-24)19-10-7-17(25)14-20(19)26/h4-11,13-14,22H,2-3,12H2,1H3/t22-/m0/s1. The van der Waals surface area contributed by atoms with E-state index < -0.39 is 27.7 Å². The maximum Gasteiger partial charge on any atom is 0.243 e. The second-order valence-electron chi connectivity index (χ2n) is 7.95. The molecule has 1 atom stereocenters. The highest BCUT2D eigenvalue weighted by Crippen LogP contribution is 2.38. The topological polar surface area (TPSA) is 63.4 Å². The molecule has 1 aromatic heterocycles. The number of aromatic nitrogens is 1. The first-order valence-electron chi connectivity index (χ1n) is 10.3. The van der Waals surface area contributed by atoms with Crippen LogP contribution >= 0.6 is 0 Å². The van der Waals surface area contributed by atoms with Crippen LogP contribution in [-0.2, 0) is 10.0 Å². The molecule has 1 aliphatic heterocycles. The van der Waals surface area contributed by atoms with Gasteiger partial charge in [-0.15, -0.1) is 0 Å². The van der Waals surface area contributed by atoms with Gasteiger partial charge in [-0.2, -0.15) is 4.31 Å². The van der Waals surface area contributed by atoms with Gasteiger partial charge >= 0.3 is 0 Å². The van der Waals surface area contributed by atoms with Crippen molar-refractivity contribution in [3.63, 3.8) is 0 Å². The van der Waals surface area contributed by atoms with E-state index in [4.69, 9.17) is 4.42 Å². The van der Waals surface area contributed by atoms with Crippen LogP contribution in [0.2, 0.25) is 0 Å². The fraction of sp³-hybridized carbons (Fsp3) is 0.208. The fourth-order valence-electron chi connectivity index (χ4n) is 4.10. The summed E-state index contributed by atoms with van der Waals surface area (Å²) >= 11 is 0. The van der Waals surface area contributed by atoms with E-state index in [-0.39, 0.29) is 10.5 Å². The average Bonchev–Trinajstić information content (AvgIpc) is 3.41. The molecule has 5 nitrogen and oxygen atoms in total. The van der Waals surface area contributed by atoms with Crippen LogP contribution in [0.3, 0.4) is 0 Å². The molecule has 0 spiro atoms. The number of sulfonamides is 1. The van der Waals surface area contributed by atoms with Gasteiger partial charge in [-0.1, -0.05) is 23.8 Å². The van der Waals surface area contributed by atoms with Crippen LogP contribution in [0, 0.1) is 18.6 Å². The predicted octanol–water partition coefficient (Wildman–Crippen LogP) is 5.61. The molecule has 1 aliphatic rings. The minimum absolute atomic E-state index is 0.236. The molecule has 8 heteroatoms. The van der Waals surface area contributed by atoms with Crippen molar-refractivity contribution in [2.75, 3.05) is 6.54 Å². The Bertz CT molecular complexity index is 1420. The summed E-state index contributed by atoms with van der Waals surface area (Å²) in [6, 6.07) is 14.6. The van der Waals surface area contributed by atoms with Crippen LogP contribution in [0.25, 0.3) is 22.2 Å². The lowest BCUT2D eigenvalue weighted by molar-refractivity contribution is 0.337. The van der Waals surface area contributed by atoms with E-state index in [1.165, 1.54) is 16.4 Å². The molecule has 164 valence electrons. The van der Waals surface area contributed by atoms with E-state index in [2.05, 4.69) is 4.98 Å². The maximum atomic E-state index is 14.2. The van der Waals surface area contributed by atoms with Gasteiger partial charge in [0.25, 0.3) is 0 Å². The fourth-order valence-corrected chi connectivity index (χ4v) is 5.75. The van der Waals surface area contributed by atoms with Gasteiger partial charge in [-0.05, 0) is 61.7 Å². The monoisotopic (exact) mass is 454 g/mol. The van der Waals surface area contributed by atoms with Crippen LogP contribution in [0.1, 0.15) is 30.3 Å². The molecule has 0 saturated carbocycles. The van der Waals surface area contributed by atoms with Gasteiger partial charge in [0.15, 0.2) is 5.58 Å². The molecular formula is C24H20F2N2O3S. The summed E-state index contributed by atoms with van der Waals surface area (Å²) in [7, 11) is -3.70. The molecule has 0 unspecified atom stereocenters. The molecular weight excluding hydrogens is 434 g/mol. The molecule has 2 heterocycles. The first-order valence-corrected chi connectivity index (χ1v) is 11.7. The summed E-state index contributed by atoms with van der Waals surface area (Å²) in [5.41, 5.74) is 2.73. The van der Waals surface area contributed by atoms with Gasteiger partial charge in [0.1, 0.15) is 23.2 Å². The zero-order chi connectivity index (χ0) is 22.5. The lowest BCUT2D eigenvalue weighted by atomic mass is 10.0. The van der Waals surface area contributed by atoms with Gasteiger partial charge in [-0.3, -0.25) is 0 Å². The third-order valence-corrected chi connectivity index (χ3v) is 7.68. The Balaban J connectivity index is 1.50. The normalized spacial score (nSPS) is 17.3. The van der Waals surface area contributed by atoms with E-state index in [1.807, 2.05) is 6.92 Å². The zero-order valence-electron chi connectivity index (χ0n) is 17.3. The van der Waals surface area contributed by atoms with Crippen molar-refractivity contribution in [2.45, 2.75) is 30.7 Å². The van der Waals surface area contributed by atoms with E-state index in [0.717, 1.165) is 11.6 Å². The van der Waals surface area contributed by atoms with Crippen molar-refractivity contribution < 1.29 is 21.6 Å². The smallest absolute Gasteiger partial charge is 0.243 e. The lowest BCUT2D eigenvalue weighted by Crippen LogP contribution is -2.30. The summed E-state index contributed by atoms with van der Waals surface area (Å²) in [5.74, 6) is -1.00. The summed E-state index contributed by atoms with van der Waals surface area (Å²) in [5, 5.41) is 0. The minimum atomic E-state index is -3.70. The number of aryl methyl sites for hydroxylation is 1. The molecule has 0 aliphatic carbocycles. The quantitative estimate of drug-likeness (QED) is 0.402. The highest BCUT2D eigenvalue weighted by Gasteiger charge is 2.39. The number of halogens is 2. The van der Waals surface area contributed by atoms with Crippen LogP contribution < -0.4 is 0 Å². The largest absolute Gasteiger partial charge is 0.439 e. The molecule has 1 fully saturated rings. The Labute approximate surface area is 184 Å². The van der Waals surface area contributed by atoms with Gasteiger partial charge < -0.3 is 4.42 Å². The number of benzene rings is 3. The molecule has 4 aromatic rings. The Morgan fingerprint density at radius 2 is 1.81 bits per heavy atom. The van der Waals surface area contributed by atoms with Crippen LogP contribution in [0.4, 0.5) is 8.78 Å². The highest BCUT2D eigenvalue weighted by molar-refractivity contribution is 7.89. The van der Waals surface area contributed by atoms with Gasteiger partial charge in [0.05, 0.1) is 4.90 Å². The number of hydrogen-bond acceptors (Lipinski definition) is 4. The molecule has 0 amide bonds. The lowest BCUT2D eigenvalue weighted by Gasteiger charge is -2.21. The molecule has 0 bridgehead atoms. The number of nitrogens with zero attached hydrogens (tertiary/aromatic N) is 2. The highest BCUT2D eigenvalue weighted by atomic mass is 32.2. The first kappa shape index (κ1) is 20.8. The summed E-state index contributed by atoms with van der Waals surface area (Å²) in [4.78, 5) is 4.77. The first-order chi connectivity index (χ1) is 15.3. The maximum absolute atomic E-state index is 14.2. The predicted molar refractivity (Wildman–Crippen MR) is 116 cm³/mol. The number of oxazole rings is 1. The second-order valence-corrected chi connectivity index (χ2v) is 9.84. The molecule has 5 rings (SSSR count). The summed E-state index contributed by atoms with van der Waals surface area (Å²) in [6.45, 7) is 2.28. The Morgan fingerprint density at radius 1 is 1.03 bits per heavy atom. The SMILES string of the molecule is Cc1ccc(S(=O)(=O)N2CCC[C@H]2c2nc3cc(-c4ccc(F)cc4F)ccc3o2)cc1. The zero-order valence-corrected chi connectivity index (χ0v) is 18.1. The summed E-state index contributed by atoms with van der Waals surface area (Å²) in [6.07, 6.45) is 1.29. The molecule has 1 saturated heterocycles. The molecule has 0 N–H and O–H groups in total. The number of hydrogen-bond donors (Lipinski definition) is 0. The second kappa shape index (κ2) is 7.79. The van der Waals surface area contributed by atoms with Crippen molar-refractivity contribution >= 4 is 21.1 Å². The van der Waals surface area contributed by atoms with Crippen molar-refractivity contribution in [3.05, 3.63) is 83.8 Å². The van der Waals surface area contributed by atoms with Gasteiger partial charge in [0, 0.05) is 18.2 Å². The van der Waals surface area contributed by atoms with Gasteiger partial charge in [-0.25, -0.2) is 22.2 Å². The van der Waals surface area contributed by atoms with Crippen molar-refractivity contribution in [2.24, 2.45) is 0 Å². The van der Waals surface area contributed by atoms with E-state index in [0.29, 0.717) is 41.9 Å². The van der Waals surface area contributed by atoms with Crippen LogP contribution in [0.15, 0.2) is 70.0 Å². The molecule has 0 radical (unpaired) electrons. The van der Waals surface area contributed by atoms with Crippen LogP contribution in [0.5, 0.6) is 0 Å². The number of rotatable bonds is 4. The van der Waals surface area contributed by atoms with Gasteiger partial charge in [0.2, 0.25) is 15.9 Å². The Hall–Kier alpha value is -3.10. The van der Waals surface area contributed by atoms with Crippen molar-refractivity contribution in [1.82, 2.24) is 9.29 Å².